The smallest absolute Gasteiger partial charge is 0.103 e. The van der Waals surface area contributed by atoms with Gasteiger partial charge in [-0.05, 0) is 43.1 Å². The van der Waals surface area contributed by atoms with Crippen LogP contribution in [0.25, 0.3) is 0 Å². The molecule has 0 unspecified atom stereocenters. The number of anilines is 1. The number of nitriles is 1. The SMILES string of the molecule is CSc1cccc(N2CCC(C(C)C)CC2)c1C#N. The van der Waals surface area contributed by atoms with E-state index in [4.69, 9.17) is 0 Å². The predicted octanol–water partition coefficient (Wildman–Crippen LogP) is 4.15. The normalized spacial score (nSPS) is 16.7. The number of hydrogen-bond donors (Lipinski definition) is 0. The number of thioether (sulfide) groups is 1. The number of piperidine rings is 1. The fraction of sp³-hybridized carbons (Fsp3) is 0.562. The largest absolute Gasteiger partial charge is 0.370 e. The second kappa shape index (κ2) is 6.34. The Hall–Kier alpha value is -1.14. The highest BCUT2D eigenvalue weighted by molar-refractivity contribution is 7.98. The standard InChI is InChI=1S/C16H22N2S/c1-12(2)13-7-9-18(10-8-13)15-5-4-6-16(19-3)14(15)11-17/h4-6,12-13H,7-10H2,1-3H3. The van der Waals surface area contributed by atoms with E-state index in [1.165, 1.54) is 12.8 Å². The molecule has 2 rings (SSSR count). The Morgan fingerprint density at radius 1 is 1.32 bits per heavy atom. The molecule has 0 N–H and O–H groups in total. The minimum Gasteiger partial charge on any atom is -0.370 e. The Labute approximate surface area is 120 Å². The molecule has 1 aliphatic heterocycles. The van der Waals surface area contributed by atoms with Crippen LogP contribution in [0, 0.1) is 23.2 Å². The van der Waals surface area contributed by atoms with Gasteiger partial charge < -0.3 is 4.90 Å². The highest BCUT2D eigenvalue weighted by Crippen LogP contribution is 2.33. The molecule has 2 nitrogen and oxygen atoms in total. The maximum atomic E-state index is 9.41. The van der Waals surface area contributed by atoms with Gasteiger partial charge in [-0.3, -0.25) is 0 Å². The van der Waals surface area contributed by atoms with Gasteiger partial charge in [0.15, 0.2) is 0 Å². The van der Waals surface area contributed by atoms with Crippen LogP contribution in [0.1, 0.15) is 32.3 Å². The molecule has 0 aromatic heterocycles. The van der Waals surface area contributed by atoms with E-state index < -0.39 is 0 Å². The Morgan fingerprint density at radius 2 is 2.00 bits per heavy atom. The van der Waals surface area contributed by atoms with Gasteiger partial charge in [0.25, 0.3) is 0 Å². The molecule has 0 spiro atoms. The van der Waals surface area contributed by atoms with Gasteiger partial charge in [-0.25, -0.2) is 0 Å². The van der Waals surface area contributed by atoms with Crippen molar-refractivity contribution in [2.24, 2.45) is 11.8 Å². The third-order valence-corrected chi connectivity index (χ3v) is 4.94. The minimum atomic E-state index is 0.773. The first-order valence-corrected chi connectivity index (χ1v) is 8.22. The molecule has 0 saturated carbocycles. The molecule has 1 aromatic carbocycles. The van der Waals surface area contributed by atoms with Crippen LogP contribution in [0.3, 0.4) is 0 Å². The number of nitrogens with zero attached hydrogens (tertiary/aromatic N) is 2. The Kier molecular flexibility index (Phi) is 4.76. The van der Waals surface area contributed by atoms with Crippen molar-refractivity contribution in [3.63, 3.8) is 0 Å². The first-order valence-electron chi connectivity index (χ1n) is 6.99. The second-order valence-electron chi connectivity index (χ2n) is 5.53. The monoisotopic (exact) mass is 274 g/mol. The molecule has 1 saturated heterocycles. The van der Waals surface area contributed by atoms with E-state index in [1.54, 1.807) is 11.8 Å². The molecule has 0 atom stereocenters. The van der Waals surface area contributed by atoms with Crippen molar-refractivity contribution in [1.29, 1.82) is 5.26 Å². The first kappa shape index (κ1) is 14.3. The highest BCUT2D eigenvalue weighted by Gasteiger charge is 2.23. The average molecular weight is 274 g/mol. The van der Waals surface area contributed by atoms with Crippen LogP contribution in [-0.2, 0) is 0 Å². The lowest BCUT2D eigenvalue weighted by Gasteiger charge is -2.36. The first-order chi connectivity index (χ1) is 9.17. The van der Waals surface area contributed by atoms with Crippen LogP contribution in [0.5, 0.6) is 0 Å². The molecule has 1 fully saturated rings. The van der Waals surface area contributed by atoms with E-state index in [0.717, 1.165) is 41.1 Å². The molecule has 19 heavy (non-hydrogen) atoms. The quantitative estimate of drug-likeness (QED) is 0.775. The molecular formula is C16H22N2S. The number of hydrogen-bond acceptors (Lipinski definition) is 3. The van der Waals surface area contributed by atoms with Gasteiger partial charge in [-0.2, -0.15) is 5.26 Å². The third kappa shape index (κ3) is 3.06. The molecular weight excluding hydrogens is 252 g/mol. The Bertz CT molecular complexity index is 468. The number of rotatable bonds is 3. The lowest BCUT2D eigenvalue weighted by molar-refractivity contribution is 0.311. The summed E-state index contributed by atoms with van der Waals surface area (Å²) in [7, 11) is 0. The number of benzene rings is 1. The van der Waals surface area contributed by atoms with Crippen molar-refractivity contribution in [1.82, 2.24) is 0 Å². The van der Waals surface area contributed by atoms with Crippen molar-refractivity contribution in [2.75, 3.05) is 24.2 Å². The van der Waals surface area contributed by atoms with Crippen LogP contribution < -0.4 is 4.90 Å². The van der Waals surface area contributed by atoms with Crippen LogP contribution in [0.15, 0.2) is 23.1 Å². The fourth-order valence-corrected chi connectivity index (χ4v) is 3.44. The average Bonchev–Trinajstić information content (AvgIpc) is 2.46. The van der Waals surface area contributed by atoms with Crippen molar-refractivity contribution < 1.29 is 0 Å². The Balaban J connectivity index is 2.18. The van der Waals surface area contributed by atoms with E-state index in [2.05, 4.69) is 36.9 Å². The molecule has 3 heteroatoms. The van der Waals surface area contributed by atoms with Gasteiger partial charge in [0.2, 0.25) is 0 Å². The molecule has 0 aliphatic carbocycles. The second-order valence-corrected chi connectivity index (χ2v) is 6.38. The minimum absolute atomic E-state index is 0.773. The molecule has 0 radical (unpaired) electrons. The molecule has 0 bridgehead atoms. The van der Waals surface area contributed by atoms with Gasteiger partial charge >= 0.3 is 0 Å². The lowest BCUT2D eigenvalue weighted by Crippen LogP contribution is -2.35. The summed E-state index contributed by atoms with van der Waals surface area (Å²) in [5.41, 5.74) is 1.97. The molecule has 1 aromatic rings. The lowest BCUT2D eigenvalue weighted by atomic mass is 9.86. The molecule has 1 heterocycles. The maximum absolute atomic E-state index is 9.41. The summed E-state index contributed by atoms with van der Waals surface area (Å²) in [5.74, 6) is 1.61. The van der Waals surface area contributed by atoms with Crippen molar-refractivity contribution in [3.05, 3.63) is 23.8 Å². The summed E-state index contributed by atoms with van der Waals surface area (Å²) >= 11 is 1.65. The van der Waals surface area contributed by atoms with E-state index in [9.17, 15) is 5.26 Å². The van der Waals surface area contributed by atoms with E-state index in [-0.39, 0.29) is 0 Å². The van der Waals surface area contributed by atoms with E-state index >= 15 is 0 Å². The predicted molar refractivity (Wildman–Crippen MR) is 82.7 cm³/mol. The van der Waals surface area contributed by atoms with Gasteiger partial charge in [0.05, 0.1) is 11.3 Å². The van der Waals surface area contributed by atoms with Gasteiger partial charge in [0.1, 0.15) is 6.07 Å². The highest BCUT2D eigenvalue weighted by atomic mass is 32.2. The summed E-state index contributed by atoms with van der Waals surface area (Å²) in [6, 6.07) is 8.58. The zero-order chi connectivity index (χ0) is 13.8. The summed E-state index contributed by atoms with van der Waals surface area (Å²) in [6.07, 6.45) is 4.52. The third-order valence-electron chi connectivity index (χ3n) is 4.16. The van der Waals surface area contributed by atoms with Crippen LogP contribution in [-0.4, -0.2) is 19.3 Å². The topological polar surface area (TPSA) is 27.0 Å². The molecule has 1 aliphatic rings. The zero-order valence-corrected chi connectivity index (χ0v) is 12.8. The van der Waals surface area contributed by atoms with Crippen LogP contribution >= 0.6 is 11.8 Å². The summed E-state index contributed by atoms with van der Waals surface area (Å²) in [4.78, 5) is 3.47. The van der Waals surface area contributed by atoms with Crippen molar-refractivity contribution >= 4 is 17.4 Å². The molecule has 0 amide bonds. The van der Waals surface area contributed by atoms with Crippen molar-refractivity contribution in [3.8, 4) is 6.07 Å². The summed E-state index contributed by atoms with van der Waals surface area (Å²) in [6.45, 7) is 6.79. The fourth-order valence-electron chi connectivity index (χ4n) is 2.87. The van der Waals surface area contributed by atoms with E-state index in [1.807, 2.05) is 12.3 Å². The van der Waals surface area contributed by atoms with Crippen LogP contribution in [0.2, 0.25) is 0 Å². The summed E-state index contributed by atoms with van der Waals surface area (Å²) < 4.78 is 0. The van der Waals surface area contributed by atoms with Crippen LogP contribution in [0.4, 0.5) is 5.69 Å². The zero-order valence-electron chi connectivity index (χ0n) is 12.0. The van der Waals surface area contributed by atoms with Gasteiger partial charge in [0, 0.05) is 18.0 Å². The maximum Gasteiger partial charge on any atom is 0.103 e. The van der Waals surface area contributed by atoms with Crippen molar-refractivity contribution in [2.45, 2.75) is 31.6 Å². The molecule has 102 valence electrons. The summed E-state index contributed by atoms with van der Waals surface area (Å²) in [5, 5.41) is 9.41. The van der Waals surface area contributed by atoms with E-state index in [0.29, 0.717) is 0 Å². The Morgan fingerprint density at radius 3 is 2.53 bits per heavy atom. The van der Waals surface area contributed by atoms with Gasteiger partial charge in [-0.15, -0.1) is 11.8 Å². The van der Waals surface area contributed by atoms with Gasteiger partial charge in [-0.1, -0.05) is 19.9 Å².